The summed E-state index contributed by atoms with van der Waals surface area (Å²) < 4.78 is 32.6. The summed E-state index contributed by atoms with van der Waals surface area (Å²) in [6.07, 6.45) is 49.4. The number of carbonyl (C=O) groups excluding carboxylic acids is 2. The monoisotopic (exact) mass is 834 g/mol. The summed E-state index contributed by atoms with van der Waals surface area (Å²) in [5.41, 5.74) is 5.32. The number of nitrogens with two attached hydrogens (primary N) is 1. The highest BCUT2D eigenvalue weighted by Gasteiger charge is 2.28. The second-order valence-electron chi connectivity index (χ2n) is 14.1. The van der Waals surface area contributed by atoms with Crippen LogP contribution in [0.3, 0.4) is 0 Å². The Morgan fingerprint density at radius 1 is 0.534 bits per heavy atom. The van der Waals surface area contributed by atoms with Gasteiger partial charge in [-0.15, -0.1) is 0 Å². The number of hydrogen-bond acceptors (Lipinski definition) is 9. The van der Waals surface area contributed by atoms with Crippen molar-refractivity contribution in [2.24, 2.45) is 5.73 Å². The Kier molecular flexibility index (Phi) is 38.1. The van der Waals surface area contributed by atoms with E-state index in [0.29, 0.717) is 12.8 Å². The molecule has 1 unspecified atom stereocenters. The molecule has 12 heteroatoms. The van der Waals surface area contributed by atoms with Crippen LogP contribution in [-0.4, -0.2) is 59.9 Å². The summed E-state index contributed by atoms with van der Waals surface area (Å²) in [5, 5.41) is 8.88. The van der Waals surface area contributed by atoms with Crippen LogP contribution in [0.15, 0.2) is 85.1 Å². The maximum atomic E-state index is 12.6. The van der Waals surface area contributed by atoms with Crippen molar-refractivity contribution in [3.8, 4) is 0 Å². The standard InChI is InChI=1S/C46H76NO10P/c1-3-5-7-9-11-13-15-17-19-20-21-22-24-25-27-29-31-33-35-37-44(48)54-39-42(40-55-58(52,53)56-41-43(47)46(50)51)57-45(49)38-36-34-32-30-28-26-23-18-16-14-12-10-8-6-4-2/h11-14,17-19,21-23,25,27,31,33,42-43H,3-10,15-16,20,24,26,28-30,32,34-41,47H2,1-2H3,(H,50,51)(H,52,53)/b13-11+,14-12+,19-17+,22-21+,23-18+,27-25+,33-31+/t42-,43+/m1/s1. The topological polar surface area (TPSA) is 172 Å². The Balaban J connectivity index is 4.53. The van der Waals surface area contributed by atoms with Crippen molar-refractivity contribution in [3.63, 3.8) is 0 Å². The van der Waals surface area contributed by atoms with Crippen molar-refractivity contribution in [2.75, 3.05) is 19.8 Å². The highest BCUT2D eigenvalue weighted by molar-refractivity contribution is 7.47. The van der Waals surface area contributed by atoms with Gasteiger partial charge in [-0.3, -0.25) is 23.4 Å². The third kappa shape index (κ3) is 39.5. The van der Waals surface area contributed by atoms with Gasteiger partial charge >= 0.3 is 25.7 Å². The molecule has 0 saturated heterocycles. The number of esters is 2. The van der Waals surface area contributed by atoms with Crippen LogP contribution in [0.4, 0.5) is 0 Å². The first-order chi connectivity index (χ1) is 28.1. The SMILES string of the molecule is CCCCC/C=C/C/C=C/C/C=C/C/C=C/C/C=C/CCC(=O)OC[C@H](COP(=O)(O)OC[C@H](N)C(=O)O)OC(=O)CCCCCCC/C=C/C/C=C/CCCCC. The van der Waals surface area contributed by atoms with E-state index >= 15 is 0 Å². The van der Waals surface area contributed by atoms with Crippen LogP contribution in [-0.2, 0) is 37.5 Å². The van der Waals surface area contributed by atoms with Gasteiger partial charge in [-0.2, -0.15) is 0 Å². The molecule has 0 aromatic rings. The lowest BCUT2D eigenvalue weighted by atomic mass is 10.1. The lowest BCUT2D eigenvalue weighted by Gasteiger charge is -2.20. The number of carboxylic acid groups (broad SMARTS) is 1. The van der Waals surface area contributed by atoms with Gasteiger partial charge in [-0.1, -0.05) is 144 Å². The molecule has 0 aliphatic carbocycles. The zero-order chi connectivity index (χ0) is 42.8. The number of unbranched alkanes of at least 4 members (excludes halogenated alkanes) is 11. The molecule has 0 amide bonds. The van der Waals surface area contributed by atoms with Crippen LogP contribution < -0.4 is 5.73 Å². The van der Waals surface area contributed by atoms with Gasteiger partial charge in [0.2, 0.25) is 0 Å². The quantitative estimate of drug-likeness (QED) is 0.0233. The number of carbonyl (C=O) groups is 3. The molecule has 0 spiro atoms. The molecule has 0 rings (SSSR count). The molecule has 3 atom stereocenters. The Hall–Kier alpha value is -3.34. The van der Waals surface area contributed by atoms with Crippen LogP contribution in [0.2, 0.25) is 0 Å². The van der Waals surface area contributed by atoms with Crippen LogP contribution in [0.1, 0.15) is 155 Å². The zero-order valence-corrected chi connectivity index (χ0v) is 36.5. The van der Waals surface area contributed by atoms with Crippen molar-refractivity contribution in [1.29, 1.82) is 0 Å². The predicted molar refractivity (Wildman–Crippen MR) is 235 cm³/mol. The lowest BCUT2D eigenvalue weighted by molar-refractivity contribution is -0.161. The molecule has 0 radical (unpaired) electrons. The summed E-state index contributed by atoms with van der Waals surface area (Å²) in [4.78, 5) is 45.9. The van der Waals surface area contributed by atoms with Crippen LogP contribution >= 0.6 is 7.82 Å². The number of phosphoric ester groups is 1. The minimum Gasteiger partial charge on any atom is -0.480 e. The highest BCUT2D eigenvalue weighted by Crippen LogP contribution is 2.43. The van der Waals surface area contributed by atoms with E-state index in [9.17, 15) is 23.8 Å². The van der Waals surface area contributed by atoms with Crippen LogP contribution in [0.5, 0.6) is 0 Å². The van der Waals surface area contributed by atoms with Gasteiger partial charge in [0.05, 0.1) is 13.2 Å². The Morgan fingerprint density at radius 2 is 0.948 bits per heavy atom. The second-order valence-corrected chi connectivity index (χ2v) is 15.6. The molecule has 58 heavy (non-hydrogen) atoms. The van der Waals surface area contributed by atoms with Gasteiger partial charge in [0.15, 0.2) is 6.10 Å². The van der Waals surface area contributed by atoms with Gasteiger partial charge < -0.3 is 25.2 Å². The molecule has 0 saturated carbocycles. The first-order valence-corrected chi connectivity index (χ1v) is 23.1. The average molecular weight is 834 g/mol. The van der Waals surface area contributed by atoms with E-state index in [1.54, 1.807) is 0 Å². The number of aliphatic carboxylic acids is 1. The maximum absolute atomic E-state index is 12.6. The van der Waals surface area contributed by atoms with Crippen LogP contribution in [0.25, 0.3) is 0 Å². The second kappa shape index (κ2) is 40.4. The first kappa shape index (κ1) is 54.7. The molecular weight excluding hydrogens is 757 g/mol. The lowest BCUT2D eigenvalue weighted by Crippen LogP contribution is -2.34. The van der Waals surface area contributed by atoms with Crippen molar-refractivity contribution >= 4 is 25.7 Å². The van der Waals surface area contributed by atoms with Gasteiger partial charge in [0.25, 0.3) is 0 Å². The van der Waals surface area contributed by atoms with Crippen molar-refractivity contribution in [1.82, 2.24) is 0 Å². The molecule has 0 bridgehead atoms. The van der Waals surface area contributed by atoms with Crippen molar-refractivity contribution in [2.45, 2.75) is 167 Å². The summed E-state index contributed by atoms with van der Waals surface area (Å²) >= 11 is 0. The minimum atomic E-state index is -4.74. The van der Waals surface area contributed by atoms with Gasteiger partial charge in [0.1, 0.15) is 12.6 Å². The smallest absolute Gasteiger partial charge is 0.472 e. The van der Waals surface area contributed by atoms with Gasteiger partial charge in [-0.05, 0) is 83.5 Å². The van der Waals surface area contributed by atoms with Gasteiger partial charge in [-0.25, -0.2) is 4.57 Å². The number of hydrogen-bond donors (Lipinski definition) is 3. The normalized spacial score (nSPS) is 14.6. The maximum Gasteiger partial charge on any atom is 0.472 e. The van der Waals surface area contributed by atoms with Crippen molar-refractivity contribution < 1.29 is 47.5 Å². The number of phosphoric acid groups is 1. The largest absolute Gasteiger partial charge is 0.480 e. The Morgan fingerprint density at radius 3 is 1.43 bits per heavy atom. The molecule has 0 aliphatic heterocycles. The average Bonchev–Trinajstić information content (AvgIpc) is 3.20. The fourth-order valence-corrected chi connectivity index (χ4v) is 5.97. The van der Waals surface area contributed by atoms with Crippen LogP contribution in [0, 0.1) is 0 Å². The van der Waals surface area contributed by atoms with E-state index in [2.05, 4.69) is 91.3 Å². The zero-order valence-electron chi connectivity index (χ0n) is 35.6. The minimum absolute atomic E-state index is 0.0906. The molecule has 0 heterocycles. The summed E-state index contributed by atoms with van der Waals surface area (Å²) in [6.45, 7) is 2.64. The molecule has 0 aromatic carbocycles. The third-order valence-corrected chi connectivity index (χ3v) is 9.58. The Labute approximate surface area is 350 Å². The fourth-order valence-electron chi connectivity index (χ4n) is 5.19. The molecular formula is C46H76NO10P. The number of allylic oxidation sites excluding steroid dienone is 14. The van der Waals surface area contributed by atoms with Gasteiger partial charge in [0, 0.05) is 12.8 Å². The highest BCUT2D eigenvalue weighted by atomic mass is 31.2. The molecule has 11 nitrogen and oxygen atoms in total. The summed E-state index contributed by atoms with van der Waals surface area (Å²) in [5.74, 6) is -2.51. The molecule has 0 aliphatic rings. The summed E-state index contributed by atoms with van der Waals surface area (Å²) in [6, 6.07) is -1.54. The van der Waals surface area contributed by atoms with E-state index < -0.39 is 57.7 Å². The number of ether oxygens (including phenoxy) is 2. The predicted octanol–water partition coefficient (Wildman–Crippen LogP) is 11.5. The van der Waals surface area contributed by atoms with E-state index in [1.807, 2.05) is 12.2 Å². The Bertz CT molecular complexity index is 1300. The molecule has 4 N–H and O–H groups in total. The molecule has 0 fully saturated rings. The molecule has 0 aromatic heterocycles. The van der Waals surface area contributed by atoms with E-state index in [0.717, 1.165) is 70.6 Å². The summed E-state index contributed by atoms with van der Waals surface area (Å²) in [7, 11) is -4.74. The first-order valence-electron chi connectivity index (χ1n) is 21.6. The van der Waals surface area contributed by atoms with E-state index in [-0.39, 0.29) is 12.8 Å². The van der Waals surface area contributed by atoms with E-state index in [4.69, 9.17) is 24.8 Å². The van der Waals surface area contributed by atoms with Crippen molar-refractivity contribution in [3.05, 3.63) is 85.1 Å². The number of carboxylic acids is 1. The fraction of sp³-hybridized carbons (Fsp3) is 0.630. The number of rotatable bonds is 39. The third-order valence-electron chi connectivity index (χ3n) is 8.63. The molecule has 330 valence electrons. The van der Waals surface area contributed by atoms with E-state index in [1.165, 1.54) is 44.9 Å².